The van der Waals surface area contributed by atoms with Crippen LogP contribution in [0.5, 0.6) is 0 Å². The molecule has 0 radical (unpaired) electrons. The normalized spacial score (nSPS) is 10.2. The molecule has 0 aromatic heterocycles. The van der Waals surface area contributed by atoms with Crippen molar-refractivity contribution in [3.8, 4) is 11.8 Å². The topological polar surface area (TPSA) is 60.8 Å². The van der Waals surface area contributed by atoms with Crippen molar-refractivity contribution in [1.82, 2.24) is 4.90 Å². The second kappa shape index (κ2) is 8.46. The van der Waals surface area contributed by atoms with Crippen LogP contribution in [0.25, 0.3) is 0 Å². The summed E-state index contributed by atoms with van der Waals surface area (Å²) in [4.78, 5) is 14.3. The van der Waals surface area contributed by atoms with E-state index in [0.717, 1.165) is 11.1 Å². The highest BCUT2D eigenvalue weighted by Crippen LogP contribution is 2.14. The third-order valence-corrected chi connectivity index (χ3v) is 3.22. The van der Waals surface area contributed by atoms with E-state index in [1.807, 2.05) is 26.8 Å². The third-order valence-electron chi connectivity index (χ3n) is 3.22. The van der Waals surface area contributed by atoms with Gasteiger partial charge in [0.2, 0.25) is 0 Å². The average molecular weight is 289 g/mol. The first-order chi connectivity index (χ1) is 10.0. The summed E-state index contributed by atoms with van der Waals surface area (Å²) in [5, 5.41) is 17.7. The molecule has 1 amide bonds. The zero-order chi connectivity index (χ0) is 15.8. The number of hydrogen-bond donors (Lipinski definition) is 2. The highest BCUT2D eigenvalue weighted by molar-refractivity contribution is 5.94. The zero-order valence-corrected chi connectivity index (χ0v) is 12.9. The van der Waals surface area contributed by atoms with Crippen LogP contribution in [0.1, 0.15) is 41.8 Å². The maximum absolute atomic E-state index is 12.5. The number of aliphatic hydroxyl groups is 2. The quantitative estimate of drug-likeness (QED) is 0.809. The van der Waals surface area contributed by atoms with E-state index in [2.05, 4.69) is 11.8 Å². The van der Waals surface area contributed by atoms with Crippen LogP contribution in [0.3, 0.4) is 0 Å². The summed E-state index contributed by atoms with van der Waals surface area (Å²) in [5.74, 6) is 5.42. The smallest absolute Gasteiger partial charge is 0.254 e. The highest BCUT2D eigenvalue weighted by atomic mass is 16.3. The van der Waals surface area contributed by atoms with Gasteiger partial charge in [-0.1, -0.05) is 11.8 Å². The van der Waals surface area contributed by atoms with Crippen LogP contribution in [-0.2, 0) is 0 Å². The van der Waals surface area contributed by atoms with Crippen LogP contribution in [-0.4, -0.2) is 46.8 Å². The molecule has 0 aliphatic heterocycles. The predicted octanol–water partition coefficient (Wildman–Crippen LogP) is 1.57. The summed E-state index contributed by atoms with van der Waals surface area (Å²) in [5.41, 5.74) is 2.34. The van der Waals surface area contributed by atoms with Crippen LogP contribution in [0, 0.1) is 18.8 Å². The summed E-state index contributed by atoms with van der Waals surface area (Å²) in [7, 11) is 0. The highest BCUT2D eigenvalue weighted by Gasteiger charge is 2.18. The molecular weight excluding hydrogens is 266 g/mol. The van der Waals surface area contributed by atoms with Crippen LogP contribution in [0.2, 0.25) is 0 Å². The van der Waals surface area contributed by atoms with Crippen LogP contribution < -0.4 is 0 Å². The summed E-state index contributed by atoms with van der Waals surface area (Å²) in [6.45, 7) is 6.25. The molecule has 2 N–H and O–H groups in total. The predicted molar refractivity (Wildman–Crippen MR) is 83.0 cm³/mol. The molecule has 1 aromatic rings. The molecule has 0 bridgehead atoms. The lowest BCUT2D eigenvalue weighted by Crippen LogP contribution is -2.38. The minimum atomic E-state index is -0.178. The SMILES string of the molecule is Cc1cc(C(=O)N(CCCO)C(C)C)ccc1C#CCO. The number of rotatable bonds is 5. The maximum atomic E-state index is 12.5. The molecule has 1 aromatic carbocycles. The van der Waals surface area contributed by atoms with E-state index in [1.165, 1.54) is 0 Å². The molecule has 0 unspecified atom stereocenters. The Labute approximate surface area is 126 Å². The van der Waals surface area contributed by atoms with E-state index in [1.54, 1.807) is 17.0 Å². The van der Waals surface area contributed by atoms with Gasteiger partial charge in [0.1, 0.15) is 6.61 Å². The number of hydrogen-bond acceptors (Lipinski definition) is 3. The van der Waals surface area contributed by atoms with Crippen LogP contribution in [0.4, 0.5) is 0 Å². The molecule has 0 fully saturated rings. The van der Waals surface area contributed by atoms with E-state index in [-0.39, 0.29) is 25.2 Å². The van der Waals surface area contributed by atoms with Crippen molar-refractivity contribution in [3.05, 3.63) is 34.9 Å². The Kier molecular flexibility index (Phi) is 6.93. The first-order valence-electron chi connectivity index (χ1n) is 7.13. The number of aryl methyl sites for hydroxylation is 1. The van der Waals surface area contributed by atoms with E-state index >= 15 is 0 Å². The molecule has 0 spiro atoms. The fraction of sp³-hybridized carbons (Fsp3) is 0.471. The molecule has 0 aliphatic carbocycles. The molecule has 114 valence electrons. The van der Waals surface area contributed by atoms with Crippen molar-refractivity contribution in [2.45, 2.75) is 33.2 Å². The average Bonchev–Trinajstić information content (AvgIpc) is 2.45. The Balaban J connectivity index is 2.98. The van der Waals surface area contributed by atoms with Crippen LogP contribution in [0.15, 0.2) is 18.2 Å². The van der Waals surface area contributed by atoms with Crippen molar-refractivity contribution in [2.75, 3.05) is 19.8 Å². The minimum Gasteiger partial charge on any atom is -0.396 e. The number of aliphatic hydroxyl groups excluding tert-OH is 2. The van der Waals surface area contributed by atoms with Gasteiger partial charge < -0.3 is 15.1 Å². The number of carbonyl (C=O) groups excluding carboxylic acids is 1. The Morgan fingerprint density at radius 1 is 1.33 bits per heavy atom. The lowest BCUT2D eigenvalue weighted by atomic mass is 10.0. The van der Waals surface area contributed by atoms with Crippen molar-refractivity contribution in [3.63, 3.8) is 0 Å². The van der Waals surface area contributed by atoms with Gasteiger partial charge in [0, 0.05) is 30.3 Å². The van der Waals surface area contributed by atoms with Gasteiger partial charge in [-0.25, -0.2) is 0 Å². The van der Waals surface area contributed by atoms with Gasteiger partial charge in [-0.05, 0) is 51.0 Å². The fourth-order valence-electron chi connectivity index (χ4n) is 2.07. The van der Waals surface area contributed by atoms with E-state index in [9.17, 15) is 4.79 Å². The number of nitrogens with zero attached hydrogens (tertiary/aromatic N) is 1. The van der Waals surface area contributed by atoms with Crippen molar-refractivity contribution in [2.24, 2.45) is 0 Å². The summed E-state index contributed by atoms with van der Waals surface area (Å²) >= 11 is 0. The van der Waals surface area contributed by atoms with Gasteiger partial charge in [-0.15, -0.1) is 0 Å². The molecule has 4 nitrogen and oxygen atoms in total. The number of carbonyl (C=O) groups is 1. The Morgan fingerprint density at radius 2 is 2.05 bits per heavy atom. The Bertz CT molecular complexity index is 541. The maximum Gasteiger partial charge on any atom is 0.254 e. The fourth-order valence-corrected chi connectivity index (χ4v) is 2.07. The Hall–Kier alpha value is -1.83. The first-order valence-corrected chi connectivity index (χ1v) is 7.13. The molecule has 4 heteroatoms. The first kappa shape index (κ1) is 17.2. The van der Waals surface area contributed by atoms with Gasteiger partial charge in [0.15, 0.2) is 0 Å². The third kappa shape index (κ3) is 4.89. The largest absolute Gasteiger partial charge is 0.396 e. The van der Waals surface area contributed by atoms with E-state index < -0.39 is 0 Å². The molecule has 21 heavy (non-hydrogen) atoms. The zero-order valence-electron chi connectivity index (χ0n) is 12.9. The second-order valence-electron chi connectivity index (χ2n) is 5.16. The molecule has 0 heterocycles. The molecule has 0 saturated heterocycles. The molecule has 1 rings (SSSR count). The van der Waals surface area contributed by atoms with Gasteiger partial charge in [0.25, 0.3) is 5.91 Å². The minimum absolute atomic E-state index is 0.0387. The molecule has 0 atom stereocenters. The lowest BCUT2D eigenvalue weighted by molar-refractivity contribution is 0.0693. The molecule has 0 aliphatic rings. The number of benzene rings is 1. The summed E-state index contributed by atoms with van der Waals surface area (Å²) in [6.07, 6.45) is 0.572. The van der Waals surface area contributed by atoms with E-state index in [4.69, 9.17) is 10.2 Å². The molecular formula is C17H23NO3. The standard InChI is InChI=1S/C17H23NO3/c1-13(2)18(9-5-11-20)17(21)16-8-7-15(6-4-10-19)14(3)12-16/h7-8,12-13,19-20H,5,9-11H2,1-3H3. The van der Waals surface area contributed by atoms with Gasteiger partial charge in [0.05, 0.1) is 0 Å². The number of amides is 1. The van der Waals surface area contributed by atoms with Crippen molar-refractivity contribution < 1.29 is 15.0 Å². The molecule has 0 saturated carbocycles. The Morgan fingerprint density at radius 3 is 2.57 bits per heavy atom. The monoisotopic (exact) mass is 289 g/mol. The van der Waals surface area contributed by atoms with E-state index in [0.29, 0.717) is 18.5 Å². The summed E-state index contributed by atoms with van der Waals surface area (Å²) < 4.78 is 0. The van der Waals surface area contributed by atoms with Gasteiger partial charge in [-0.3, -0.25) is 4.79 Å². The van der Waals surface area contributed by atoms with Crippen molar-refractivity contribution >= 4 is 5.91 Å². The van der Waals surface area contributed by atoms with Gasteiger partial charge in [-0.2, -0.15) is 0 Å². The second-order valence-corrected chi connectivity index (χ2v) is 5.16. The van der Waals surface area contributed by atoms with Crippen LogP contribution >= 0.6 is 0 Å². The lowest BCUT2D eigenvalue weighted by Gasteiger charge is -2.26. The van der Waals surface area contributed by atoms with Crippen molar-refractivity contribution in [1.29, 1.82) is 0 Å². The summed E-state index contributed by atoms with van der Waals surface area (Å²) in [6, 6.07) is 5.46. The van der Waals surface area contributed by atoms with Gasteiger partial charge >= 0.3 is 0 Å².